The Bertz CT molecular complexity index is 1030. The van der Waals surface area contributed by atoms with Crippen molar-refractivity contribution in [3.63, 3.8) is 0 Å². The van der Waals surface area contributed by atoms with E-state index in [9.17, 15) is 9.18 Å². The van der Waals surface area contributed by atoms with Crippen molar-refractivity contribution in [1.82, 2.24) is 10.6 Å². The predicted octanol–water partition coefficient (Wildman–Crippen LogP) is 4.81. The summed E-state index contributed by atoms with van der Waals surface area (Å²) >= 11 is 0. The van der Waals surface area contributed by atoms with Crippen LogP contribution in [0.2, 0.25) is 0 Å². The molecule has 3 aromatic rings. The lowest BCUT2D eigenvalue weighted by atomic mass is 9.99. The van der Waals surface area contributed by atoms with Gasteiger partial charge in [0.25, 0.3) is 5.91 Å². The molecule has 1 saturated heterocycles. The van der Waals surface area contributed by atoms with Crippen LogP contribution in [0, 0.1) is 5.82 Å². The van der Waals surface area contributed by atoms with Gasteiger partial charge in [-0.2, -0.15) is 0 Å². The van der Waals surface area contributed by atoms with Gasteiger partial charge in [0.15, 0.2) is 0 Å². The lowest BCUT2D eigenvalue weighted by Gasteiger charge is -2.18. The molecule has 5 nitrogen and oxygen atoms in total. The van der Waals surface area contributed by atoms with Crippen molar-refractivity contribution in [3.05, 3.63) is 53.3 Å². The Morgan fingerprint density at radius 3 is 2.66 bits per heavy atom. The van der Waals surface area contributed by atoms with E-state index in [0.29, 0.717) is 27.9 Å². The molecule has 152 valence electrons. The van der Waals surface area contributed by atoms with E-state index in [1.54, 1.807) is 19.2 Å². The number of hydrogen-bond donors (Lipinski definition) is 2. The highest BCUT2D eigenvalue weighted by Gasteiger charge is 2.27. The average Bonchev–Trinajstić information content (AvgIpc) is 3.34. The van der Waals surface area contributed by atoms with Crippen LogP contribution in [0.5, 0.6) is 5.75 Å². The maximum absolute atomic E-state index is 13.4. The van der Waals surface area contributed by atoms with Gasteiger partial charge >= 0.3 is 0 Å². The minimum atomic E-state index is -0.339. The third-order valence-electron chi connectivity index (χ3n) is 5.18. The Labute approximate surface area is 169 Å². The lowest BCUT2D eigenvalue weighted by Crippen LogP contribution is -2.18. The van der Waals surface area contributed by atoms with Crippen molar-refractivity contribution in [1.29, 1.82) is 0 Å². The zero-order valence-corrected chi connectivity index (χ0v) is 16.8. The molecule has 1 fully saturated rings. The van der Waals surface area contributed by atoms with Gasteiger partial charge < -0.3 is 19.8 Å². The SMILES string of the molecule is CNC(=O)c1c(-c2ccc(F)cc2)oc2cc(C3CCCN3)c(OC(C)C)cc12. The summed E-state index contributed by atoms with van der Waals surface area (Å²) in [6.07, 6.45) is 2.12. The summed E-state index contributed by atoms with van der Waals surface area (Å²) in [6.45, 7) is 4.93. The van der Waals surface area contributed by atoms with E-state index in [4.69, 9.17) is 9.15 Å². The van der Waals surface area contributed by atoms with Crippen LogP contribution >= 0.6 is 0 Å². The smallest absolute Gasteiger partial charge is 0.255 e. The van der Waals surface area contributed by atoms with Crippen LogP contribution in [0.1, 0.15) is 48.7 Å². The molecule has 1 amide bonds. The van der Waals surface area contributed by atoms with Gasteiger partial charge in [0.05, 0.1) is 11.7 Å². The Morgan fingerprint density at radius 2 is 2.03 bits per heavy atom. The monoisotopic (exact) mass is 396 g/mol. The second-order valence-electron chi connectivity index (χ2n) is 7.59. The quantitative estimate of drug-likeness (QED) is 0.650. The highest BCUT2D eigenvalue weighted by atomic mass is 19.1. The summed E-state index contributed by atoms with van der Waals surface area (Å²) in [7, 11) is 1.58. The maximum Gasteiger partial charge on any atom is 0.255 e. The molecule has 2 heterocycles. The number of amides is 1. The van der Waals surface area contributed by atoms with Crippen molar-refractivity contribution in [2.45, 2.75) is 38.8 Å². The van der Waals surface area contributed by atoms with E-state index in [1.807, 2.05) is 26.0 Å². The Morgan fingerprint density at radius 1 is 1.28 bits per heavy atom. The number of furan rings is 1. The van der Waals surface area contributed by atoms with Crippen LogP contribution in [0.4, 0.5) is 4.39 Å². The van der Waals surface area contributed by atoms with Crippen LogP contribution in [-0.2, 0) is 0 Å². The Hall–Kier alpha value is -2.86. The third-order valence-corrected chi connectivity index (χ3v) is 5.18. The van der Waals surface area contributed by atoms with E-state index in [2.05, 4.69) is 10.6 Å². The molecular formula is C23H25FN2O3. The number of hydrogen-bond acceptors (Lipinski definition) is 4. The summed E-state index contributed by atoms with van der Waals surface area (Å²) in [6, 6.07) is 10.0. The van der Waals surface area contributed by atoms with Crippen molar-refractivity contribution < 1.29 is 18.3 Å². The van der Waals surface area contributed by atoms with Gasteiger partial charge in [0.1, 0.15) is 22.9 Å². The molecule has 0 radical (unpaired) electrons. The first-order chi connectivity index (χ1) is 14.0. The second-order valence-corrected chi connectivity index (χ2v) is 7.59. The first-order valence-corrected chi connectivity index (χ1v) is 9.96. The van der Waals surface area contributed by atoms with Crippen LogP contribution in [-0.4, -0.2) is 25.6 Å². The van der Waals surface area contributed by atoms with Gasteiger partial charge in [-0.15, -0.1) is 0 Å². The highest BCUT2D eigenvalue weighted by Crippen LogP contribution is 2.40. The maximum atomic E-state index is 13.4. The number of carbonyl (C=O) groups excluding carboxylic acids is 1. The molecule has 1 atom stereocenters. The summed E-state index contributed by atoms with van der Waals surface area (Å²) in [5.74, 6) is 0.578. The van der Waals surface area contributed by atoms with E-state index in [1.165, 1.54) is 12.1 Å². The number of nitrogens with one attached hydrogen (secondary N) is 2. The van der Waals surface area contributed by atoms with Crippen molar-refractivity contribution in [2.24, 2.45) is 0 Å². The normalized spacial score (nSPS) is 16.5. The summed E-state index contributed by atoms with van der Waals surface area (Å²) in [4.78, 5) is 12.7. The standard InChI is InChI=1S/C23H25FN2O3/c1-13(2)28-19-12-17-20(11-16(19)18-5-4-10-26-18)29-22(21(17)23(27)25-3)14-6-8-15(24)9-7-14/h6-9,11-13,18,26H,4-5,10H2,1-3H3,(H,25,27). The molecule has 2 aromatic carbocycles. The van der Waals surface area contributed by atoms with Gasteiger partial charge in [-0.25, -0.2) is 4.39 Å². The fourth-order valence-corrected chi connectivity index (χ4v) is 3.87. The molecule has 1 aliphatic heterocycles. The predicted molar refractivity (Wildman–Crippen MR) is 111 cm³/mol. The molecule has 1 aromatic heterocycles. The number of carbonyl (C=O) groups is 1. The van der Waals surface area contributed by atoms with Gasteiger partial charge in [-0.3, -0.25) is 4.79 Å². The number of rotatable bonds is 5. The largest absolute Gasteiger partial charge is 0.491 e. The van der Waals surface area contributed by atoms with Crippen molar-refractivity contribution in [2.75, 3.05) is 13.6 Å². The van der Waals surface area contributed by atoms with Gasteiger partial charge in [-0.05, 0) is 69.6 Å². The number of benzene rings is 2. The summed E-state index contributed by atoms with van der Waals surface area (Å²) in [5, 5.41) is 6.87. The zero-order valence-electron chi connectivity index (χ0n) is 16.8. The molecule has 0 spiro atoms. The van der Waals surface area contributed by atoms with Gasteiger partial charge in [0, 0.05) is 29.6 Å². The van der Waals surface area contributed by atoms with Gasteiger partial charge in [0.2, 0.25) is 0 Å². The van der Waals surface area contributed by atoms with E-state index in [0.717, 1.165) is 30.7 Å². The first-order valence-electron chi connectivity index (χ1n) is 9.96. The van der Waals surface area contributed by atoms with Crippen LogP contribution in [0.3, 0.4) is 0 Å². The molecular weight excluding hydrogens is 371 g/mol. The molecule has 0 saturated carbocycles. The molecule has 1 aliphatic rings. The summed E-state index contributed by atoms with van der Waals surface area (Å²) in [5.41, 5.74) is 2.72. The zero-order chi connectivity index (χ0) is 20.5. The number of ether oxygens (including phenoxy) is 1. The molecule has 4 rings (SSSR count). The van der Waals surface area contributed by atoms with Crippen LogP contribution < -0.4 is 15.4 Å². The van der Waals surface area contributed by atoms with E-state index in [-0.39, 0.29) is 23.9 Å². The van der Waals surface area contributed by atoms with Crippen LogP contribution in [0.15, 0.2) is 40.8 Å². The Balaban J connectivity index is 1.94. The topological polar surface area (TPSA) is 63.5 Å². The highest BCUT2D eigenvalue weighted by molar-refractivity contribution is 6.11. The molecule has 2 N–H and O–H groups in total. The fraction of sp³-hybridized carbons (Fsp3) is 0.348. The van der Waals surface area contributed by atoms with E-state index < -0.39 is 0 Å². The minimum absolute atomic E-state index is 0.000440. The summed E-state index contributed by atoms with van der Waals surface area (Å²) < 4.78 is 25.6. The first kappa shape index (κ1) is 19.5. The Kier molecular flexibility index (Phi) is 5.28. The molecule has 0 bridgehead atoms. The molecule has 1 unspecified atom stereocenters. The van der Waals surface area contributed by atoms with Crippen LogP contribution in [0.25, 0.3) is 22.3 Å². The van der Waals surface area contributed by atoms with Crippen molar-refractivity contribution >= 4 is 16.9 Å². The molecule has 29 heavy (non-hydrogen) atoms. The fourth-order valence-electron chi connectivity index (χ4n) is 3.87. The molecule has 0 aliphatic carbocycles. The third kappa shape index (κ3) is 3.72. The van der Waals surface area contributed by atoms with E-state index >= 15 is 0 Å². The average molecular weight is 396 g/mol. The molecule has 6 heteroatoms. The van der Waals surface area contributed by atoms with Gasteiger partial charge in [-0.1, -0.05) is 0 Å². The number of halogens is 1. The number of fused-ring (bicyclic) bond motifs is 1. The second kappa shape index (κ2) is 7.87. The lowest BCUT2D eigenvalue weighted by molar-refractivity contribution is 0.0964. The minimum Gasteiger partial charge on any atom is -0.491 e. The van der Waals surface area contributed by atoms with Crippen molar-refractivity contribution in [3.8, 4) is 17.1 Å².